The maximum absolute atomic E-state index is 4.81. The van der Waals surface area contributed by atoms with Gasteiger partial charge in [-0.1, -0.05) is 6.07 Å². The molecule has 0 aliphatic carbocycles. The van der Waals surface area contributed by atoms with Crippen molar-refractivity contribution in [3.05, 3.63) is 47.0 Å². The van der Waals surface area contributed by atoms with Gasteiger partial charge in [0, 0.05) is 55.9 Å². The molecule has 25 heavy (non-hydrogen) atoms. The van der Waals surface area contributed by atoms with Gasteiger partial charge >= 0.3 is 0 Å². The maximum Gasteiger partial charge on any atom is 0.0641 e. The summed E-state index contributed by atoms with van der Waals surface area (Å²) >= 11 is 0. The largest absolute Gasteiger partial charge is 0.314 e. The molecule has 0 aromatic carbocycles. The van der Waals surface area contributed by atoms with E-state index in [4.69, 9.17) is 5.10 Å². The van der Waals surface area contributed by atoms with Crippen molar-refractivity contribution in [1.29, 1.82) is 0 Å². The Hall–Kier alpha value is -1.43. The molecule has 0 saturated carbocycles. The molecule has 1 aliphatic heterocycles. The smallest absolute Gasteiger partial charge is 0.0641 e. The Morgan fingerprint density at radius 2 is 2.04 bits per heavy atom. The number of pyridine rings is 1. The average molecular weight is 364 g/mol. The van der Waals surface area contributed by atoms with Gasteiger partial charge in [-0.25, -0.2) is 0 Å². The average Bonchev–Trinajstić information content (AvgIpc) is 2.84. The van der Waals surface area contributed by atoms with Crippen molar-refractivity contribution in [3.63, 3.8) is 0 Å². The van der Waals surface area contributed by atoms with Gasteiger partial charge in [0.25, 0.3) is 0 Å². The zero-order chi connectivity index (χ0) is 17.3. The number of nitrogens with zero attached hydrogens (tertiary/aromatic N) is 4. The van der Waals surface area contributed by atoms with Crippen LogP contribution in [-0.2, 0) is 12.1 Å². The molecule has 1 saturated heterocycles. The van der Waals surface area contributed by atoms with Crippen LogP contribution in [0.2, 0.25) is 0 Å². The summed E-state index contributed by atoms with van der Waals surface area (Å²) in [7, 11) is 0. The quantitative estimate of drug-likeness (QED) is 0.909. The SMILES string of the molecule is Cc1nn(C(C)(C)C)c(C)c1CN1CCNCC1c1cccnc1.Cl. The summed E-state index contributed by atoms with van der Waals surface area (Å²) in [5.74, 6) is 0. The highest BCUT2D eigenvalue weighted by molar-refractivity contribution is 5.85. The molecule has 1 unspecified atom stereocenters. The molecule has 1 N–H and O–H groups in total. The van der Waals surface area contributed by atoms with Crippen molar-refractivity contribution in [2.75, 3.05) is 19.6 Å². The molecule has 0 amide bonds. The lowest BCUT2D eigenvalue weighted by atomic mass is 10.0. The summed E-state index contributed by atoms with van der Waals surface area (Å²) in [5.41, 5.74) is 5.08. The molecular weight excluding hydrogens is 334 g/mol. The molecule has 3 heterocycles. The summed E-state index contributed by atoms with van der Waals surface area (Å²) in [4.78, 5) is 6.86. The molecule has 0 spiro atoms. The molecule has 5 nitrogen and oxygen atoms in total. The number of nitrogens with one attached hydrogen (secondary N) is 1. The standard InChI is InChI=1S/C19H29N5.ClH/c1-14-17(15(2)24(22-14)19(3,4)5)13-23-10-9-21-12-18(23)16-7-6-8-20-11-16;/h6-8,11,18,21H,9-10,12-13H2,1-5H3;1H. The molecule has 0 bridgehead atoms. The minimum absolute atomic E-state index is 0. The first-order chi connectivity index (χ1) is 11.4. The van der Waals surface area contributed by atoms with Gasteiger partial charge in [0.05, 0.1) is 11.2 Å². The van der Waals surface area contributed by atoms with Crippen LogP contribution in [0.1, 0.15) is 49.3 Å². The Morgan fingerprint density at radius 3 is 2.64 bits per heavy atom. The zero-order valence-corrected chi connectivity index (χ0v) is 16.7. The van der Waals surface area contributed by atoms with Crippen LogP contribution in [0.25, 0.3) is 0 Å². The van der Waals surface area contributed by atoms with Crippen LogP contribution in [0.15, 0.2) is 24.5 Å². The van der Waals surface area contributed by atoms with Crippen molar-refractivity contribution in [1.82, 2.24) is 25.0 Å². The first-order valence-corrected chi connectivity index (χ1v) is 8.78. The molecular formula is C19H30ClN5. The van der Waals surface area contributed by atoms with Crippen molar-refractivity contribution in [2.45, 2.75) is 52.7 Å². The zero-order valence-electron chi connectivity index (χ0n) is 15.9. The van der Waals surface area contributed by atoms with Crippen molar-refractivity contribution >= 4 is 12.4 Å². The van der Waals surface area contributed by atoms with Crippen LogP contribution < -0.4 is 5.32 Å². The molecule has 2 aromatic rings. The first kappa shape index (κ1) is 19.9. The van der Waals surface area contributed by atoms with Crippen LogP contribution >= 0.6 is 12.4 Å². The normalized spacial score (nSPS) is 18.8. The number of piperazine rings is 1. The van der Waals surface area contributed by atoms with Gasteiger partial charge in [-0.3, -0.25) is 14.6 Å². The summed E-state index contributed by atoms with van der Waals surface area (Å²) in [6.45, 7) is 14.9. The van der Waals surface area contributed by atoms with E-state index in [2.05, 4.69) is 60.6 Å². The monoisotopic (exact) mass is 363 g/mol. The Labute approximate surface area is 157 Å². The Morgan fingerprint density at radius 1 is 1.28 bits per heavy atom. The Balaban J connectivity index is 0.00000225. The highest BCUT2D eigenvalue weighted by atomic mass is 35.5. The summed E-state index contributed by atoms with van der Waals surface area (Å²) < 4.78 is 2.17. The lowest BCUT2D eigenvalue weighted by Crippen LogP contribution is -2.45. The first-order valence-electron chi connectivity index (χ1n) is 8.78. The maximum atomic E-state index is 4.81. The highest BCUT2D eigenvalue weighted by Gasteiger charge is 2.27. The van der Waals surface area contributed by atoms with Gasteiger partial charge in [-0.15, -0.1) is 12.4 Å². The molecule has 1 fully saturated rings. The molecule has 1 atom stereocenters. The van der Waals surface area contributed by atoms with Crippen molar-refractivity contribution in [2.24, 2.45) is 0 Å². The molecule has 2 aromatic heterocycles. The predicted octanol–water partition coefficient (Wildman–Crippen LogP) is 3.22. The fraction of sp³-hybridized carbons (Fsp3) is 0.579. The Kier molecular flexibility index (Phi) is 6.25. The second-order valence-corrected chi connectivity index (χ2v) is 7.71. The number of aromatic nitrogens is 3. The molecule has 3 rings (SSSR count). The van der Waals surface area contributed by atoms with Crippen LogP contribution in [0, 0.1) is 13.8 Å². The minimum atomic E-state index is 0. The predicted molar refractivity (Wildman–Crippen MR) is 104 cm³/mol. The Bertz CT molecular complexity index is 690. The van der Waals surface area contributed by atoms with E-state index in [0.29, 0.717) is 6.04 Å². The lowest BCUT2D eigenvalue weighted by molar-refractivity contribution is 0.152. The van der Waals surface area contributed by atoms with Gasteiger partial charge in [-0.05, 0) is 46.2 Å². The fourth-order valence-electron chi connectivity index (χ4n) is 3.60. The van der Waals surface area contributed by atoms with E-state index in [9.17, 15) is 0 Å². The van der Waals surface area contributed by atoms with Crippen LogP contribution in [0.3, 0.4) is 0 Å². The second-order valence-electron chi connectivity index (χ2n) is 7.71. The van der Waals surface area contributed by atoms with Crippen LogP contribution in [0.5, 0.6) is 0 Å². The van der Waals surface area contributed by atoms with Gasteiger partial charge in [0.2, 0.25) is 0 Å². The number of hydrogen-bond donors (Lipinski definition) is 1. The fourth-order valence-corrected chi connectivity index (χ4v) is 3.60. The third-order valence-corrected chi connectivity index (χ3v) is 4.86. The van der Waals surface area contributed by atoms with E-state index in [1.807, 2.05) is 18.5 Å². The lowest BCUT2D eigenvalue weighted by Gasteiger charge is -2.36. The third kappa shape index (κ3) is 4.22. The van der Waals surface area contributed by atoms with Gasteiger partial charge in [-0.2, -0.15) is 5.10 Å². The summed E-state index contributed by atoms with van der Waals surface area (Å²) in [6.07, 6.45) is 3.83. The second kappa shape index (κ2) is 7.85. The third-order valence-electron chi connectivity index (χ3n) is 4.86. The van der Waals surface area contributed by atoms with Crippen LogP contribution in [0.4, 0.5) is 0 Å². The molecule has 138 valence electrons. The van der Waals surface area contributed by atoms with E-state index >= 15 is 0 Å². The minimum Gasteiger partial charge on any atom is -0.314 e. The van der Waals surface area contributed by atoms with E-state index in [1.165, 1.54) is 16.8 Å². The molecule has 6 heteroatoms. The molecule has 0 radical (unpaired) electrons. The summed E-state index contributed by atoms with van der Waals surface area (Å²) in [5, 5.41) is 8.32. The van der Waals surface area contributed by atoms with Crippen molar-refractivity contribution in [3.8, 4) is 0 Å². The van der Waals surface area contributed by atoms with Crippen molar-refractivity contribution < 1.29 is 0 Å². The number of aryl methyl sites for hydroxylation is 1. The summed E-state index contributed by atoms with van der Waals surface area (Å²) in [6, 6.07) is 4.57. The van der Waals surface area contributed by atoms with E-state index in [1.54, 1.807) is 0 Å². The van der Waals surface area contributed by atoms with Gasteiger partial charge in [0.1, 0.15) is 0 Å². The van der Waals surface area contributed by atoms with E-state index in [0.717, 1.165) is 31.9 Å². The molecule has 1 aliphatic rings. The topological polar surface area (TPSA) is 46.0 Å². The van der Waals surface area contributed by atoms with Gasteiger partial charge in [0.15, 0.2) is 0 Å². The van der Waals surface area contributed by atoms with E-state index < -0.39 is 0 Å². The number of hydrogen-bond acceptors (Lipinski definition) is 4. The number of rotatable bonds is 3. The number of halogens is 1. The van der Waals surface area contributed by atoms with Gasteiger partial charge < -0.3 is 5.32 Å². The highest BCUT2D eigenvalue weighted by Crippen LogP contribution is 2.27. The van der Waals surface area contributed by atoms with Crippen LogP contribution in [-0.4, -0.2) is 39.3 Å². The van der Waals surface area contributed by atoms with E-state index in [-0.39, 0.29) is 17.9 Å².